The first-order chi connectivity index (χ1) is 18.5. The standard InChI is InChI=1S/C28H33F4N3O5/c1-16(2)35-22-15-19(29)12-10-17(22)11-13-20(25(35)37)33-24(36)21(34-26(38)40-27(3,4)5)14-18-8-6-7-9-23(18)39-28(30,31)32/h6-10,12,15-16,20-21H,11,13-14H2,1-5H3,(H,33,36)(H,34,38)/t20-,21-/m1/s1. The molecule has 8 nitrogen and oxygen atoms in total. The van der Waals surface area contributed by atoms with Crippen molar-refractivity contribution >= 4 is 23.6 Å². The number of fused-ring (bicyclic) bond motifs is 1. The van der Waals surface area contributed by atoms with Crippen molar-refractivity contribution in [1.82, 2.24) is 10.6 Å². The SMILES string of the molecule is CC(C)N1C(=O)[C@H](NC(=O)[C@@H](Cc2ccccc2OC(F)(F)F)NC(=O)OC(C)(C)C)CCc2ccc(F)cc21. The summed E-state index contributed by atoms with van der Waals surface area (Å²) in [5, 5.41) is 5.05. The minimum absolute atomic E-state index is 0.00471. The van der Waals surface area contributed by atoms with Crippen LogP contribution in [0.5, 0.6) is 5.75 Å². The number of ether oxygens (including phenoxy) is 2. The van der Waals surface area contributed by atoms with Crippen LogP contribution in [-0.4, -0.2) is 48.0 Å². The maximum absolute atomic E-state index is 14.0. The molecule has 0 fully saturated rings. The lowest BCUT2D eigenvalue weighted by Gasteiger charge is -2.30. The number of hydrogen-bond donors (Lipinski definition) is 2. The number of carbonyl (C=O) groups is 3. The lowest BCUT2D eigenvalue weighted by Crippen LogP contribution is -2.56. The molecule has 2 aromatic rings. The Labute approximate surface area is 230 Å². The first-order valence-electron chi connectivity index (χ1n) is 12.8. The van der Waals surface area contributed by atoms with Crippen LogP contribution in [0, 0.1) is 5.82 Å². The Morgan fingerprint density at radius 2 is 1.77 bits per heavy atom. The van der Waals surface area contributed by atoms with E-state index in [0.717, 1.165) is 11.6 Å². The minimum atomic E-state index is -4.98. The molecule has 0 saturated heterocycles. The van der Waals surface area contributed by atoms with Gasteiger partial charge in [0.2, 0.25) is 11.8 Å². The van der Waals surface area contributed by atoms with Gasteiger partial charge in [0.05, 0.1) is 5.69 Å². The van der Waals surface area contributed by atoms with E-state index in [2.05, 4.69) is 15.4 Å². The average molecular weight is 568 g/mol. The number of nitrogens with zero attached hydrogens (tertiary/aromatic N) is 1. The monoisotopic (exact) mass is 567 g/mol. The molecule has 3 rings (SSSR count). The fraction of sp³-hybridized carbons (Fsp3) is 0.464. The van der Waals surface area contributed by atoms with Gasteiger partial charge in [-0.05, 0) is 76.8 Å². The lowest BCUT2D eigenvalue weighted by atomic mass is 10.0. The van der Waals surface area contributed by atoms with Crippen molar-refractivity contribution < 1.29 is 41.4 Å². The molecule has 0 aromatic heterocycles. The normalized spacial score (nSPS) is 16.6. The maximum atomic E-state index is 14.0. The van der Waals surface area contributed by atoms with E-state index in [4.69, 9.17) is 4.74 Å². The van der Waals surface area contributed by atoms with Crippen molar-refractivity contribution in [2.75, 3.05) is 4.90 Å². The summed E-state index contributed by atoms with van der Waals surface area (Å²) >= 11 is 0. The number of anilines is 1. The third-order valence-corrected chi connectivity index (χ3v) is 6.01. The largest absolute Gasteiger partial charge is 0.573 e. The molecule has 0 bridgehead atoms. The second-order valence-electron chi connectivity index (χ2n) is 10.7. The van der Waals surface area contributed by atoms with Gasteiger partial charge in [-0.2, -0.15) is 0 Å². The van der Waals surface area contributed by atoms with E-state index >= 15 is 0 Å². The lowest BCUT2D eigenvalue weighted by molar-refractivity contribution is -0.274. The Kier molecular flexibility index (Phi) is 9.32. The molecule has 0 spiro atoms. The number of hydrogen-bond acceptors (Lipinski definition) is 5. The number of halogens is 4. The number of benzene rings is 2. The van der Waals surface area contributed by atoms with Crippen molar-refractivity contribution in [1.29, 1.82) is 0 Å². The van der Waals surface area contributed by atoms with E-state index in [1.54, 1.807) is 40.7 Å². The van der Waals surface area contributed by atoms with E-state index in [-0.39, 0.29) is 18.0 Å². The Morgan fingerprint density at radius 3 is 2.40 bits per heavy atom. The van der Waals surface area contributed by atoms with Crippen molar-refractivity contribution in [2.45, 2.75) is 84.0 Å². The summed E-state index contributed by atoms with van der Waals surface area (Å²) in [7, 11) is 0. The maximum Gasteiger partial charge on any atom is 0.573 e. The summed E-state index contributed by atoms with van der Waals surface area (Å²) < 4.78 is 62.4. The predicted molar refractivity (Wildman–Crippen MR) is 139 cm³/mol. The molecule has 0 radical (unpaired) electrons. The van der Waals surface area contributed by atoms with E-state index in [1.165, 1.54) is 35.2 Å². The van der Waals surface area contributed by atoms with Gasteiger partial charge in [0.1, 0.15) is 29.3 Å². The molecule has 2 atom stereocenters. The molecule has 2 N–H and O–H groups in total. The Hall–Kier alpha value is -3.83. The van der Waals surface area contributed by atoms with Gasteiger partial charge < -0.3 is 25.0 Å². The summed E-state index contributed by atoms with van der Waals surface area (Å²) in [5.74, 6) is -2.34. The highest BCUT2D eigenvalue weighted by atomic mass is 19.4. The van der Waals surface area contributed by atoms with Gasteiger partial charge in [0.25, 0.3) is 0 Å². The molecule has 40 heavy (non-hydrogen) atoms. The molecule has 0 saturated carbocycles. The van der Waals surface area contributed by atoms with Crippen LogP contribution in [0.25, 0.3) is 0 Å². The fourth-order valence-corrected chi connectivity index (χ4v) is 4.40. The van der Waals surface area contributed by atoms with Crippen molar-refractivity contribution in [3.05, 3.63) is 59.4 Å². The Balaban J connectivity index is 1.89. The first-order valence-corrected chi connectivity index (χ1v) is 12.8. The molecule has 1 heterocycles. The van der Waals surface area contributed by atoms with E-state index in [0.29, 0.717) is 12.1 Å². The fourth-order valence-electron chi connectivity index (χ4n) is 4.40. The van der Waals surface area contributed by atoms with Crippen LogP contribution in [0.15, 0.2) is 42.5 Å². The van der Waals surface area contributed by atoms with Crippen LogP contribution in [-0.2, 0) is 27.2 Å². The molecule has 218 valence electrons. The average Bonchev–Trinajstić information content (AvgIpc) is 2.93. The van der Waals surface area contributed by atoms with Crippen LogP contribution < -0.4 is 20.3 Å². The van der Waals surface area contributed by atoms with Crippen molar-refractivity contribution in [3.63, 3.8) is 0 Å². The quantitative estimate of drug-likeness (QED) is 0.458. The van der Waals surface area contributed by atoms with Crippen molar-refractivity contribution in [3.8, 4) is 5.75 Å². The van der Waals surface area contributed by atoms with Gasteiger partial charge in [-0.1, -0.05) is 24.3 Å². The third kappa shape index (κ3) is 8.33. The number of carbonyl (C=O) groups excluding carboxylic acids is 3. The van der Waals surface area contributed by atoms with E-state index in [9.17, 15) is 31.9 Å². The molecule has 1 aliphatic heterocycles. The van der Waals surface area contributed by atoms with Gasteiger partial charge in [0, 0.05) is 12.5 Å². The van der Waals surface area contributed by atoms with Gasteiger partial charge in [0.15, 0.2) is 0 Å². The predicted octanol–water partition coefficient (Wildman–Crippen LogP) is 5.03. The topological polar surface area (TPSA) is 97.0 Å². The molecular formula is C28H33F4N3O5. The summed E-state index contributed by atoms with van der Waals surface area (Å²) in [4.78, 5) is 41.0. The number of alkyl carbamates (subject to hydrolysis) is 1. The number of para-hydroxylation sites is 1. The van der Waals surface area contributed by atoms with Crippen LogP contribution in [0.4, 0.5) is 28.0 Å². The van der Waals surface area contributed by atoms with E-state index < -0.39 is 59.9 Å². The van der Waals surface area contributed by atoms with Crippen LogP contribution >= 0.6 is 0 Å². The molecule has 1 aliphatic rings. The number of nitrogens with one attached hydrogen (secondary N) is 2. The van der Waals surface area contributed by atoms with Crippen molar-refractivity contribution in [2.24, 2.45) is 0 Å². The molecule has 0 unspecified atom stereocenters. The molecular weight excluding hydrogens is 534 g/mol. The summed E-state index contributed by atoms with van der Waals surface area (Å²) in [6.45, 7) is 8.33. The van der Waals surface area contributed by atoms with Gasteiger partial charge in [-0.15, -0.1) is 13.2 Å². The number of aryl methyl sites for hydroxylation is 1. The highest BCUT2D eigenvalue weighted by Crippen LogP contribution is 2.30. The number of amides is 3. The minimum Gasteiger partial charge on any atom is -0.444 e. The molecule has 12 heteroatoms. The number of alkyl halides is 3. The Morgan fingerprint density at radius 1 is 1.10 bits per heavy atom. The molecule has 2 aromatic carbocycles. The highest BCUT2D eigenvalue weighted by Gasteiger charge is 2.36. The van der Waals surface area contributed by atoms with Gasteiger partial charge >= 0.3 is 12.5 Å². The van der Waals surface area contributed by atoms with Gasteiger partial charge in [-0.25, -0.2) is 9.18 Å². The molecule has 0 aliphatic carbocycles. The van der Waals surface area contributed by atoms with Gasteiger partial charge in [-0.3, -0.25) is 9.59 Å². The third-order valence-electron chi connectivity index (χ3n) is 6.01. The van der Waals surface area contributed by atoms with Crippen LogP contribution in [0.2, 0.25) is 0 Å². The second-order valence-corrected chi connectivity index (χ2v) is 10.7. The van der Waals surface area contributed by atoms with E-state index in [1.807, 2.05) is 0 Å². The second kappa shape index (κ2) is 12.1. The zero-order valence-electron chi connectivity index (χ0n) is 22.9. The first kappa shape index (κ1) is 30.7. The zero-order valence-corrected chi connectivity index (χ0v) is 22.9. The van der Waals surface area contributed by atoms with Crippen LogP contribution in [0.1, 0.15) is 52.2 Å². The summed E-state index contributed by atoms with van der Waals surface area (Å²) in [6, 6.07) is 6.54. The highest BCUT2D eigenvalue weighted by molar-refractivity contribution is 6.01. The zero-order chi connectivity index (χ0) is 29.8. The molecule has 3 amide bonds. The summed E-state index contributed by atoms with van der Waals surface area (Å²) in [5.41, 5.74) is 0.202. The van der Waals surface area contributed by atoms with Crippen LogP contribution in [0.3, 0.4) is 0 Å². The summed E-state index contributed by atoms with van der Waals surface area (Å²) in [6.07, 6.45) is -5.81. The number of rotatable bonds is 7. The Bertz CT molecular complexity index is 1240. The smallest absolute Gasteiger partial charge is 0.444 e.